The number of rotatable bonds is 4. The van der Waals surface area contributed by atoms with Crippen LogP contribution in [0.2, 0.25) is 0 Å². The van der Waals surface area contributed by atoms with Crippen LogP contribution in [0.1, 0.15) is 21.5 Å². The predicted molar refractivity (Wildman–Crippen MR) is 97.8 cm³/mol. The van der Waals surface area contributed by atoms with Crippen LogP contribution in [0.5, 0.6) is 5.75 Å². The minimum absolute atomic E-state index is 0.0505. The molecule has 0 aliphatic heterocycles. The summed E-state index contributed by atoms with van der Waals surface area (Å²) >= 11 is 8.04. The number of carbonyl (C=O) groups is 1. The molecule has 0 bridgehead atoms. The highest BCUT2D eigenvalue weighted by molar-refractivity contribution is 9.10. The van der Waals surface area contributed by atoms with Crippen LogP contribution in [0.25, 0.3) is 0 Å². The van der Waals surface area contributed by atoms with Crippen molar-refractivity contribution in [1.29, 1.82) is 0 Å². The number of halogens is 1. The number of ether oxygens (including phenoxy) is 1. The molecule has 2 aromatic carbocycles. The Morgan fingerprint density at radius 1 is 1.35 bits per heavy atom. The first-order valence-electron chi connectivity index (χ1n) is 6.62. The Hall–Kier alpha value is -2.25. The molecule has 2 aromatic rings. The number of benzene rings is 2. The Labute approximate surface area is 147 Å². The van der Waals surface area contributed by atoms with Crippen LogP contribution in [0.3, 0.4) is 0 Å². The van der Waals surface area contributed by atoms with E-state index in [0.717, 1.165) is 10.0 Å². The molecule has 0 saturated heterocycles. The van der Waals surface area contributed by atoms with Gasteiger partial charge in [0.1, 0.15) is 5.75 Å². The summed E-state index contributed by atoms with van der Waals surface area (Å²) < 4.78 is 6.28. The summed E-state index contributed by atoms with van der Waals surface area (Å²) in [6.07, 6.45) is 1.47. The summed E-state index contributed by atoms with van der Waals surface area (Å²) in [4.78, 5) is 12.3. The highest BCUT2D eigenvalue weighted by atomic mass is 79.9. The molecular weight excluding hydrogens is 378 g/mol. The van der Waals surface area contributed by atoms with Gasteiger partial charge in [-0.3, -0.25) is 5.43 Å². The van der Waals surface area contributed by atoms with Gasteiger partial charge >= 0.3 is 5.97 Å². The van der Waals surface area contributed by atoms with Gasteiger partial charge in [0.2, 0.25) is 0 Å². The number of thiocarbonyl (C=S) groups is 1. The monoisotopic (exact) mass is 391 g/mol. The molecule has 118 valence electrons. The highest BCUT2D eigenvalue weighted by Gasteiger charge is 2.11. The number of carbonyl (C=O) groups excluding carboxylic acids is 1. The number of hydrogen-bond acceptors (Lipinski definition) is 4. The second-order valence-corrected chi connectivity index (χ2v) is 6.03. The predicted octanol–water partition coefficient (Wildman–Crippen LogP) is 3.14. The molecule has 23 heavy (non-hydrogen) atoms. The normalized spacial score (nSPS) is 10.5. The molecule has 0 unspecified atom stereocenters. The highest BCUT2D eigenvalue weighted by Crippen LogP contribution is 2.23. The minimum Gasteiger partial charge on any atom is -0.422 e. The lowest BCUT2D eigenvalue weighted by Gasteiger charge is -2.08. The smallest absolute Gasteiger partial charge is 0.343 e. The molecule has 3 N–H and O–H groups in total. The van der Waals surface area contributed by atoms with Crippen LogP contribution < -0.4 is 15.9 Å². The van der Waals surface area contributed by atoms with Crippen molar-refractivity contribution in [1.82, 2.24) is 5.43 Å². The van der Waals surface area contributed by atoms with Crippen molar-refractivity contribution in [3.63, 3.8) is 0 Å². The number of nitrogens with one attached hydrogen (secondary N) is 1. The topological polar surface area (TPSA) is 76.7 Å². The average Bonchev–Trinajstić information content (AvgIpc) is 2.49. The Bertz CT molecular complexity index is 778. The van der Waals surface area contributed by atoms with Crippen molar-refractivity contribution in [2.75, 3.05) is 0 Å². The molecule has 0 atom stereocenters. The van der Waals surface area contributed by atoms with Gasteiger partial charge in [0.05, 0.1) is 11.8 Å². The molecule has 0 spiro atoms. The van der Waals surface area contributed by atoms with Crippen molar-refractivity contribution in [3.8, 4) is 5.75 Å². The van der Waals surface area contributed by atoms with E-state index in [1.54, 1.807) is 30.3 Å². The van der Waals surface area contributed by atoms with E-state index in [1.807, 2.05) is 19.1 Å². The van der Waals surface area contributed by atoms with Gasteiger partial charge in [-0.1, -0.05) is 33.6 Å². The number of aryl methyl sites for hydroxylation is 1. The van der Waals surface area contributed by atoms with Crippen LogP contribution in [-0.2, 0) is 0 Å². The molecule has 0 heterocycles. The number of hydrazone groups is 1. The Balaban J connectivity index is 2.23. The van der Waals surface area contributed by atoms with E-state index in [9.17, 15) is 4.79 Å². The molecular formula is C16H14BrN3O2S. The second kappa shape index (κ2) is 7.85. The SMILES string of the molecule is Cc1cccc(C(=O)Oc2ccc(Br)cc2/C=N\NC(N)=S)c1. The van der Waals surface area contributed by atoms with Crippen LogP contribution in [0.15, 0.2) is 52.0 Å². The quantitative estimate of drug-likeness (QED) is 0.275. The molecule has 0 aromatic heterocycles. The largest absolute Gasteiger partial charge is 0.422 e. The van der Waals surface area contributed by atoms with Gasteiger partial charge in [-0.25, -0.2) is 4.79 Å². The first kappa shape index (κ1) is 17.1. The molecule has 0 aliphatic rings. The van der Waals surface area contributed by atoms with Crippen LogP contribution >= 0.6 is 28.1 Å². The van der Waals surface area contributed by atoms with Gasteiger partial charge in [0.25, 0.3) is 0 Å². The van der Waals surface area contributed by atoms with Crippen molar-refractivity contribution in [3.05, 3.63) is 63.6 Å². The van der Waals surface area contributed by atoms with E-state index in [-0.39, 0.29) is 5.11 Å². The van der Waals surface area contributed by atoms with Gasteiger partial charge in [-0.2, -0.15) is 5.10 Å². The van der Waals surface area contributed by atoms with E-state index in [2.05, 4.69) is 38.7 Å². The third kappa shape index (κ3) is 5.15. The molecule has 0 radical (unpaired) electrons. The van der Waals surface area contributed by atoms with E-state index in [1.165, 1.54) is 6.21 Å². The first-order valence-corrected chi connectivity index (χ1v) is 7.83. The lowest BCUT2D eigenvalue weighted by Crippen LogP contribution is -2.24. The lowest BCUT2D eigenvalue weighted by atomic mass is 10.1. The Kier molecular flexibility index (Phi) is 5.84. The summed E-state index contributed by atoms with van der Waals surface area (Å²) in [6.45, 7) is 1.91. The molecule has 0 fully saturated rings. The van der Waals surface area contributed by atoms with E-state index in [4.69, 9.17) is 10.5 Å². The number of nitrogens with zero attached hydrogens (tertiary/aromatic N) is 1. The fourth-order valence-corrected chi connectivity index (χ4v) is 2.24. The van der Waals surface area contributed by atoms with Gasteiger partial charge < -0.3 is 10.5 Å². The van der Waals surface area contributed by atoms with Gasteiger partial charge in [-0.15, -0.1) is 0 Å². The Morgan fingerprint density at radius 2 is 2.13 bits per heavy atom. The van der Waals surface area contributed by atoms with E-state index in [0.29, 0.717) is 16.9 Å². The zero-order chi connectivity index (χ0) is 16.8. The molecule has 0 amide bonds. The third-order valence-electron chi connectivity index (χ3n) is 2.81. The van der Waals surface area contributed by atoms with E-state index < -0.39 is 5.97 Å². The summed E-state index contributed by atoms with van der Waals surface area (Å²) in [5.41, 5.74) is 9.83. The molecule has 2 rings (SSSR count). The zero-order valence-electron chi connectivity index (χ0n) is 12.2. The Morgan fingerprint density at radius 3 is 2.83 bits per heavy atom. The summed E-state index contributed by atoms with van der Waals surface area (Å²) in [5.74, 6) is -0.0545. The number of hydrogen-bond donors (Lipinski definition) is 2. The van der Waals surface area contributed by atoms with Crippen LogP contribution in [-0.4, -0.2) is 17.3 Å². The van der Waals surface area contributed by atoms with Crippen LogP contribution in [0, 0.1) is 6.92 Å². The van der Waals surface area contributed by atoms with Crippen LogP contribution in [0.4, 0.5) is 0 Å². The second-order valence-electron chi connectivity index (χ2n) is 4.68. The molecule has 7 heteroatoms. The molecule has 0 saturated carbocycles. The fraction of sp³-hybridized carbons (Fsp3) is 0.0625. The molecule has 0 aliphatic carbocycles. The number of nitrogens with two attached hydrogens (primary N) is 1. The summed E-state index contributed by atoms with van der Waals surface area (Å²) in [5, 5.41) is 3.93. The first-order chi connectivity index (χ1) is 11.0. The number of esters is 1. The van der Waals surface area contributed by atoms with E-state index >= 15 is 0 Å². The van der Waals surface area contributed by atoms with Crippen molar-refractivity contribution in [2.45, 2.75) is 6.92 Å². The average molecular weight is 392 g/mol. The summed E-state index contributed by atoms with van der Waals surface area (Å²) in [7, 11) is 0. The van der Waals surface area contributed by atoms with Crippen molar-refractivity contribution < 1.29 is 9.53 Å². The van der Waals surface area contributed by atoms with Gasteiger partial charge in [0, 0.05) is 10.0 Å². The standard InChI is InChI=1S/C16H14BrN3O2S/c1-10-3-2-4-11(7-10)15(21)22-14-6-5-13(17)8-12(14)9-19-20-16(18)23/h2-9H,1H3,(H3,18,20,23)/b19-9-. The lowest BCUT2D eigenvalue weighted by molar-refractivity contribution is 0.0734. The maximum absolute atomic E-state index is 12.3. The minimum atomic E-state index is -0.437. The zero-order valence-corrected chi connectivity index (χ0v) is 14.6. The fourth-order valence-electron chi connectivity index (χ4n) is 1.81. The molecule has 5 nitrogen and oxygen atoms in total. The van der Waals surface area contributed by atoms with Gasteiger partial charge in [-0.05, 0) is 49.5 Å². The maximum Gasteiger partial charge on any atom is 0.343 e. The van der Waals surface area contributed by atoms with Crippen molar-refractivity contribution in [2.24, 2.45) is 10.8 Å². The third-order valence-corrected chi connectivity index (χ3v) is 3.39. The maximum atomic E-state index is 12.3. The summed E-state index contributed by atoms with van der Waals surface area (Å²) in [6, 6.07) is 12.4. The van der Waals surface area contributed by atoms with Crippen molar-refractivity contribution >= 4 is 45.4 Å². The van der Waals surface area contributed by atoms with Gasteiger partial charge in [0.15, 0.2) is 5.11 Å².